The third-order valence-electron chi connectivity index (χ3n) is 4.14. The van der Waals surface area contributed by atoms with Crippen LogP contribution >= 0.6 is 0 Å². The van der Waals surface area contributed by atoms with E-state index in [1.54, 1.807) is 60.7 Å². The quantitative estimate of drug-likeness (QED) is 0.275. The van der Waals surface area contributed by atoms with Crippen molar-refractivity contribution < 1.29 is 19.1 Å². The van der Waals surface area contributed by atoms with Crippen molar-refractivity contribution in [1.82, 2.24) is 5.43 Å². The Hall–Kier alpha value is -3.93. The number of rotatable bonds is 7. The number of hydrogen-bond acceptors (Lipinski definition) is 5. The van der Waals surface area contributed by atoms with Crippen LogP contribution in [0.15, 0.2) is 77.9 Å². The lowest BCUT2D eigenvalue weighted by molar-refractivity contribution is 0.0728. The predicted octanol–water partition coefficient (Wildman–Crippen LogP) is 4.38. The standard InChI is InChI=1S/C24H22N2O4/c1-3-29-22-15-18(16-25-26-23(27)19-9-5-4-6-10-19)12-13-21(22)30-24(28)20-11-7-8-17(2)14-20/h4-16H,3H2,1-2H3,(H,26,27)/b25-16+. The van der Waals surface area contributed by atoms with E-state index in [2.05, 4.69) is 10.5 Å². The molecule has 0 atom stereocenters. The Balaban J connectivity index is 1.71. The molecule has 0 spiro atoms. The molecule has 0 aliphatic heterocycles. The highest BCUT2D eigenvalue weighted by Gasteiger charge is 2.13. The molecule has 0 heterocycles. The van der Waals surface area contributed by atoms with Crippen LogP contribution in [0, 0.1) is 6.92 Å². The number of nitrogens with zero attached hydrogens (tertiary/aromatic N) is 1. The van der Waals surface area contributed by atoms with Gasteiger partial charge in [-0.3, -0.25) is 4.79 Å². The van der Waals surface area contributed by atoms with E-state index >= 15 is 0 Å². The number of carbonyl (C=O) groups is 2. The fourth-order valence-corrected chi connectivity index (χ4v) is 2.71. The van der Waals surface area contributed by atoms with Gasteiger partial charge in [0.15, 0.2) is 11.5 Å². The Morgan fingerprint density at radius 1 is 0.933 bits per heavy atom. The van der Waals surface area contributed by atoms with Crippen LogP contribution in [0.3, 0.4) is 0 Å². The second-order valence-electron chi connectivity index (χ2n) is 6.46. The van der Waals surface area contributed by atoms with E-state index in [4.69, 9.17) is 9.47 Å². The van der Waals surface area contributed by atoms with Gasteiger partial charge in [-0.25, -0.2) is 10.2 Å². The number of aryl methyl sites for hydroxylation is 1. The third kappa shape index (κ3) is 5.54. The Morgan fingerprint density at radius 2 is 1.70 bits per heavy atom. The van der Waals surface area contributed by atoms with Crippen molar-refractivity contribution in [1.29, 1.82) is 0 Å². The molecule has 6 nitrogen and oxygen atoms in total. The number of hydrazone groups is 1. The molecule has 0 aliphatic rings. The summed E-state index contributed by atoms with van der Waals surface area (Å²) in [6, 6.07) is 21.0. The van der Waals surface area contributed by atoms with Crippen LogP contribution in [-0.4, -0.2) is 24.7 Å². The molecule has 0 radical (unpaired) electrons. The molecule has 0 aromatic heterocycles. The normalized spacial score (nSPS) is 10.6. The summed E-state index contributed by atoms with van der Waals surface area (Å²) in [5.74, 6) is -0.0394. The van der Waals surface area contributed by atoms with Gasteiger partial charge >= 0.3 is 5.97 Å². The molecule has 0 saturated carbocycles. The molecule has 0 aliphatic carbocycles. The van der Waals surface area contributed by atoms with Gasteiger partial charge in [0.1, 0.15) is 0 Å². The highest BCUT2D eigenvalue weighted by molar-refractivity contribution is 5.95. The fraction of sp³-hybridized carbons (Fsp3) is 0.125. The Morgan fingerprint density at radius 3 is 2.43 bits per heavy atom. The molecule has 1 N–H and O–H groups in total. The molecular weight excluding hydrogens is 380 g/mol. The number of hydrogen-bond donors (Lipinski definition) is 1. The van der Waals surface area contributed by atoms with Gasteiger partial charge < -0.3 is 9.47 Å². The first-order chi connectivity index (χ1) is 14.6. The van der Waals surface area contributed by atoms with Crippen LogP contribution in [0.25, 0.3) is 0 Å². The number of esters is 1. The Bertz CT molecular complexity index is 1060. The number of benzene rings is 3. The molecule has 0 saturated heterocycles. The van der Waals surface area contributed by atoms with E-state index < -0.39 is 5.97 Å². The minimum Gasteiger partial charge on any atom is -0.490 e. The lowest BCUT2D eigenvalue weighted by atomic mass is 10.1. The third-order valence-corrected chi connectivity index (χ3v) is 4.14. The van der Waals surface area contributed by atoms with Crippen molar-refractivity contribution in [3.63, 3.8) is 0 Å². The maximum Gasteiger partial charge on any atom is 0.343 e. The molecular formula is C24H22N2O4. The molecule has 3 aromatic carbocycles. The SMILES string of the molecule is CCOc1cc(/C=N/NC(=O)c2ccccc2)ccc1OC(=O)c1cccc(C)c1. The van der Waals surface area contributed by atoms with Crippen LogP contribution < -0.4 is 14.9 Å². The molecule has 3 rings (SSSR count). The number of amides is 1. The van der Waals surface area contributed by atoms with E-state index in [1.165, 1.54) is 6.21 Å². The summed E-state index contributed by atoms with van der Waals surface area (Å²) < 4.78 is 11.1. The van der Waals surface area contributed by atoms with Crippen molar-refractivity contribution in [2.75, 3.05) is 6.61 Å². The smallest absolute Gasteiger partial charge is 0.343 e. The minimum absolute atomic E-state index is 0.305. The zero-order valence-electron chi connectivity index (χ0n) is 16.8. The number of carbonyl (C=O) groups excluding carboxylic acids is 2. The zero-order valence-corrected chi connectivity index (χ0v) is 16.8. The molecule has 1 amide bonds. The van der Waals surface area contributed by atoms with Gasteiger partial charge in [-0.05, 0) is 61.9 Å². The average Bonchev–Trinajstić information content (AvgIpc) is 2.76. The van der Waals surface area contributed by atoms with Gasteiger partial charge in [-0.15, -0.1) is 0 Å². The Labute approximate surface area is 175 Å². The first kappa shape index (κ1) is 20.8. The van der Waals surface area contributed by atoms with Crippen LogP contribution in [-0.2, 0) is 0 Å². The lowest BCUT2D eigenvalue weighted by Crippen LogP contribution is -2.17. The van der Waals surface area contributed by atoms with E-state index in [-0.39, 0.29) is 5.91 Å². The summed E-state index contributed by atoms with van der Waals surface area (Å²) in [7, 11) is 0. The second-order valence-corrected chi connectivity index (χ2v) is 6.46. The summed E-state index contributed by atoms with van der Waals surface area (Å²) in [5.41, 5.74) is 5.11. The van der Waals surface area contributed by atoms with E-state index in [0.29, 0.717) is 34.8 Å². The van der Waals surface area contributed by atoms with Crippen molar-refractivity contribution >= 4 is 18.1 Å². The molecule has 152 valence electrons. The molecule has 6 heteroatoms. The Kier molecular flexibility index (Phi) is 6.95. The molecule has 3 aromatic rings. The number of ether oxygens (including phenoxy) is 2. The predicted molar refractivity (Wildman–Crippen MR) is 115 cm³/mol. The largest absolute Gasteiger partial charge is 0.490 e. The van der Waals surface area contributed by atoms with Crippen LogP contribution in [0.2, 0.25) is 0 Å². The summed E-state index contributed by atoms with van der Waals surface area (Å²) >= 11 is 0. The van der Waals surface area contributed by atoms with Gasteiger partial charge in [-0.1, -0.05) is 35.9 Å². The first-order valence-electron chi connectivity index (χ1n) is 9.51. The summed E-state index contributed by atoms with van der Waals surface area (Å²) in [6.07, 6.45) is 1.50. The highest BCUT2D eigenvalue weighted by Crippen LogP contribution is 2.29. The molecule has 0 unspecified atom stereocenters. The number of nitrogens with one attached hydrogen (secondary N) is 1. The van der Waals surface area contributed by atoms with E-state index in [9.17, 15) is 9.59 Å². The minimum atomic E-state index is -0.462. The first-order valence-corrected chi connectivity index (χ1v) is 9.51. The van der Waals surface area contributed by atoms with Crippen LogP contribution in [0.1, 0.15) is 38.8 Å². The second kappa shape index (κ2) is 10.0. The molecule has 0 fully saturated rings. The van der Waals surface area contributed by atoms with Gasteiger partial charge in [0.05, 0.1) is 18.4 Å². The fourth-order valence-electron chi connectivity index (χ4n) is 2.71. The highest BCUT2D eigenvalue weighted by atomic mass is 16.6. The molecule has 30 heavy (non-hydrogen) atoms. The van der Waals surface area contributed by atoms with Gasteiger partial charge in [0.25, 0.3) is 5.91 Å². The average molecular weight is 402 g/mol. The van der Waals surface area contributed by atoms with E-state index in [0.717, 1.165) is 5.56 Å². The zero-order chi connectivity index (χ0) is 21.3. The lowest BCUT2D eigenvalue weighted by Gasteiger charge is -2.11. The molecule has 0 bridgehead atoms. The topological polar surface area (TPSA) is 77.0 Å². The van der Waals surface area contributed by atoms with Gasteiger partial charge in [-0.2, -0.15) is 5.10 Å². The van der Waals surface area contributed by atoms with Crippen LogP contribution in [0.4, 0.5) is 0 Å². The maximum absolute atomic E-state index is 12.4. The summed E-state index contributed by atoms with van der Waals surface area (Å²) in [4.78, 5) is 24.5. The van der Waals surface area contributed by atoms with E-state index in [1.807, 2.05) is 26.0 Å². The summed E-state index contributed by atoms with van der Waals surface area (Å²) in [6.45, 7) is 4.15. The van der Waals surface area contributed by atoms with Crippen molar-refractivity contribution in [3.05, 3.63) is 95.1 Å². The summed E-state index contributed by atoms with van der Waals surface area (Å²) in [5, 5.41) is 3.98. The van der Waals surface area contributed by atoms with Gasteiger partial charge in [0.2, 0.25) is 0 Å². The van der Waals surface area contributed by atoms with Crippen molar-refractivity contribution in [2.45, 2.75) is 13.8 Å². The van der Waals surface area contributed by atoms with Crippen molar-refractivity contribution in [2.24, 2.45) is 5.10 Å². The van der Waals surface area contributed by atoms with Gasteiger partial charge in [0, 0.05) is 5.56 Å². The van der Waals surface area contributed by atoms with Crippen molar-refractivity contribution in [3.8, 4) is 11.5 Å². The van der Waals surface area contributed by atoms with Crippen LogP contribution in [0.5, 0.6) is 11.5 Å². The maximum atomic E-state index is 12.4. The monoisotopic (exact) mass is 402 g/mol.